The number of methoxy groups -OCH3 is 1. The minimum absolute atomic E-state index is 0.0914. The molecule has 5 nitrogen and oxygen atoms in total. The van der Waals surface area contributed by atoms with E-state index in [1.54, 1.807) is 7.11 Å². The molecule has 2 rings (SSSR count). The van der Waals surface area contributed by atoms with Crippen LogP contribution in [0, 0.1) is 0 Å². The number of hydrogen-bond acceptors (Lipinski definition) is 4. The Balaban J connectivity index is 2.35. The average Bonchev–Trinajstić information content (AvgIpc) is 2.38. The molecule has 0 aromatic heterocycles. The molecule has 20 heavy (non-hydrogen) atoms. The Morgan fingerprint density at radius 1 is 1.45 bits per heavy atom. The zero-order valence-electron chi connectivity index (χ0n) is 11.6. The number of anilines is 1. The summed E-state index contributed by atoms with van der Waals surface area (Å²) in [6.07, 6.45) is 1.60. The van der Waals surface area contributed by atoms with Gasteiger partial charge in [0.1, 0.15) is 4.90 Å². The topological polar surface area (TPSA) is 72.6 Å². The lowest BCUT2D eigenvalue weighted by atomic mass is 9.96. The minimum atomic E-state index is -3.62. The molecule has 1 heterocycles. The van der Waals surface area contributed by atoms with E-state index in [1.807, 2.05) is 6.92 Å². The van der Waals surface area contributed by atoms with Crippen molar-refractivity contribution in [2.75, 3.05) is 25.9 Å². The minimum Gasteiger partial charge on any atom is -0.399 e. The van der Waals surface area contributed by atoms with Gasteiger partial charge in [0.05, 0.1) is 10.6 Å². The highest BCUT2D eigenvalue weighted by Crippen LogP contribution is 2.31. The largest absolute Gasteiger partial charge is 0.399 e. The van der Waals surface area contributed by atoms with Gasteiger partial charge in [-0.1, -0.05) is 11.6 Å². The molecule has 7 heteroatoms. The molecule has 1 saturated heterocycles. The first-order chi connectivity index (χ1) is 9.28. The van der Waals surface area contributed by atoms with Gasteiger partial charge < -0.3 is 10.5 Å². The monoisotopic (exact) mass is 318 g/mol. The first-order valence-corrected chi connectivity index (χ1v) is 8.21. The second-order valence-corrected chi connectivity index (χ2v) is 7.60. The summed E-state index contributed by atoms with van der Waals surface area (Å²) in [4.78, 5) is 0.0914. The highest BCUT2D eigenvalue weighted by Gasteiger charge is 2.37. The fraction of sp³-hybridized carbons (Fsp3) is 0.538. The lowest BCUT2D eigenvalue weighted by Gasteiger charge is -2.38. The fourth-order valence-corrected chi connectivity index (χ4v) is 4.52. The SMILES string of the molecule is COC1(C)CCCN(S(=O)(=O)c2ccc(N)cc2Cl)C1. The van der Waals surface area contributed by atoms with Crippen LogP contribution in [-0.2, 0) is 14.8 Å². The van der Waals surface area contributed by atoms with Crippen molar-refractivity contribution < 1.29 is 13.2 Å². The van der Waals surface area contributed by atoms with Gasteiger partial charge in [-0.25, -0.2) is 8.42 Å². The fourth-order valence-electron chi connectivity index (χ4n) is 2.40. The smallest absolute Gasteiger partial charge is 0.244 e. The van der Waals surface area contributed by atoms with Gasteiger partial charge in [-0.3, -0.25) is 0 Å². The predicted octanol–water partition coefficient (Wildman–Crippen LogP) is 2.11. The van der Waals surface area contributed by atoms with Crippen molar-refractivity contribution in [3.63, 3.8) is 0 Å². The summed E-state index contributed by atoms with van der Waals surface area (Å²) < 4.78 is 32.2. The van der Waals surface area contributed by atoms with Crippen LogP contribution in [0.1, 0.15) is 19.8 Å². The van der Waals surface area contributed by atoms with Crippen molar-refractivity contribution in [1.29, 1.82) is 0 Å². The van der Waals surface area contributed by atoms with E-state index in [0.717, 1.165) is 12.8 Å². The third kappa shape index (κ3) is 2.93. The van der Waals surface area contributed by atoms with Crippen LogP contribution in [0.3, 0.4) is 0 Å². The number of rotatable bonds is 3. The molecule has 0 saturated carbocycles. The summed E-state index contributed by atoms with van der Waals surface area (Å²) in [6, 6.07) is 4.44. The molecule has 0 amide bonds. The van der Waals surface area contributed by atoms with Crippen molar-refractivity contribution in [3.05, 3.63) is 23.2 Å². The van der Waals surface area contributed by atoms with Gasteiger partial charge in [0.15, 0.2) is 0 Å². The number of piperidine rings is 1. The molecule has 112 valence electrons. The molecule has 1 aliphatic heterocycles. The first-order valence-electron chi connectivity index (χ1n) is 6.39. The average molecular weight is 319 g/mol. The van der Waals surface area contributed by atoms with E-state index >= 15 is 0 Å². The van der Waals surface area contributed by atoms with Crippen LogP contribution >= 0.6 is 11.6 Å². The van der Waals surface area contributed by atoms with Crippen LogP contribution in [0.2, 0.25) is 5.02 Å². The highest BCUT2D eigenvalue weighted by atomic mass is 35.5. The second kappa shape index (κ2) is 5.52. The number of nitrogen functional groups attached to an aromatic ring is 1. The van der Waals surface area contributed by atoms with E-state index in [-0.39, 0.29) is 9.92 Å². The van der Waals surface area contributed by atoms with Crippen LogP contribution in [0.5, 0.6) is 0 Å². The summed E-state index contributed by atoms with van der Waals surface area (Å²) in [7, 11) is -2.02. The zero-order chi connectivity index (χ0) is 15.0. The molecule has 0 radical (unpaired) electrons. The van der Waals surface area contributed by atoms with Crippen LogP contribution < -0.4 is 5.73 Å². The Labute approximate surface area is 124 Å². The van der Waals surface area contributed by atoms with Gasteiger partial charge in [0.2, 0.25) is 10.0 Å². The van der Waals surface area contributed by atoms with Crippen molar-refractivity contribution in [3.8, 4) is 0 Å². The van der Waals surface area contributed by atoms with Crippen LogP contribution in [0.25, 0.3) is 0 Å². The number of sulfonamides is 1. The Hall–Kier alpha value is -0.820. The molecule has 1 atom stereocenters. The Morgan fingerprint density at radius 2 is 2.15 bits per heavy atom. The highest BCUT2D eigenvalue weighted by molar-refractivity contribution is 7.89. The number of hydrogen-bond donors (Lipinski definition) is 1. The summed E-state index contributed by atoms with van der Waals surface area (Å²) >= 11 is 6.02. The quantitative estimate of drug-likeness (QED) is 0.866. The molecule has 0 spiro atoms. The van der Waals surface area contributed by atoms with Gasteiger partial charge >= 0.3 is 0 Å². The van der Waals surface area contributed by atoms with E-state index in [0.29, 0.717) is 18.8 Å². The van der Waals surface area contributed by atoms with Crippen molar-refractivity contribution in [2.45, 2.75) is 30.3 Å². The van der Waals surface area contributed by atoms with E-state index in [1.165, 1.54) is 22.5 Å². The molecule has 1 aromatic carbocycles. The maximum absolute atomic E-state index is 12.7. The molecular weight excluding hydrogens is 300 g/mol. The summed E-state index contributed by atoms with van der Waals surface area (Å²) in [5.41, 5.74) is 5.59. The summed E-state index contributed by atoms with van der Waals surface area (Å²) in [5.74, 6) is 0. The van der Waals surface area contributed by atoms with Gasteiger partial charge in [0, 0.05) is 25.9 Å². The molecule has 0 aliphatic carbocycles. The van der Waals surface area contributed by atoms with Crippen LogP contribution in [0.15, 0.2) is 23.1 Å². The van der Waals surface area contributed by atoms with E-state index in [9.17, 15) is 8.42 Å². The molecule has 0 bridgehead atoms. The predicted molar refractivity (Wildman–Crippen MR) is 79.3 cm³/mol. The third-order valence-electron chi connectivity index (χ3n) is 3.69. The molecule has 1 aliphatic rings. The normalized spacial score (nSPS) is 24.8. The van der Waals surface area contributed by atoms with E-state index in [4.69, 9.17) is 22.1 Å². The lowest BCUT2D eigenvalue weighted by molar-refractivity contribution is -0.0319. The maximum Gasteiger partial charge on any atom is 0.244 e. The van der Waals surface area contributed by atoms with Gasteiger partial charge in [-0.2, -0.15) is 4.31 Å². The maximum atomic E-state index is 12.7. The number of nitrogens with two attached hydrogens (primary N) is 1. The second-order valence-electron chi connectivity index (χ2n) is 5.29. The van der Waals surface area contributed by atoms with E-state index in [2.05, 4.69) is 0 Å². The molecular formula is C13H19ClN2O3S. The summed E-state index contributed by atoms with van der Waals surface area (Å²) in [5, 5.41) is 0.148. The van der Waals surface area contributed by atoms with Gasteiger partial charge in [0.25, 0.3) is 0 Å². The number of benzene rings is 1. The molecule has 1 unspecified atom stereocenters. The van der Waals surface area contributed by atoms with Crippen LogP contribution in [0.4, 0.5) is 5.69 Å². The number of halogens is 1. The third-order valence-corrected chi connectivity index (χ3v) is 6.02. The summed E-state index contributed by atoms with van der Waals surface area (Å²) in [6.45, 7) is 2.72. The Morgan fingerprint density at radius 3 is 2.75 bits per heavy atom. The van der Waals surface area contributed by atoms with Crippen LogP contribution in [-0.4, -0.2) is 38.5 Å². The van der Waals surface area contributed by atoms with Crippen molar-refractivity contribution in [2.24, 2.45) is 0 Å². The number of nitrogens with zero attached hydrogens (tertiary/aromatic N) is 1. The van der Waals surface area contributed by atoms with E-state index < -0.39 is 15.6 Å². The molecule has 2 N–H and O–H groups in total. The Bertz CT molecular complexity index is 606. The molecule has 1 fully saturated rings. The first kappa shape index (κ1) is 15.6. The Kier molecular flexibility index (Phi) is 4.30. The van der Waals surface area contributed by atoms with Gasteiger partial charge in [-0.15, -0.1) is 0 Å². The van der Waals surface area contributed by atoms with Crippen molar-refractivity contribution in [1.82, 2.24) is 4.31 Å². The lowest BCUT2D eigenvalue weighted by Crippen LogP contribution is -2.49. The van der Waals surface area contributed by atoms with Crippen molar-refractivity contribution >= 4 is 27.3 Å². The zero-order valence-corrected chi connectivity index (χ0v) is 13.2. The number of ether oxygens (including phenoxy) is 1. The standard InChI is InChI=1S/C13H19ClN2O3S/c1-13(19-2)6-3-7-16(9-13)20(17,18)12-5-4-10(15)8-11(12)14/h4-5,8H,3,6-7,9,15H2,1-2H3. The molecule has 1 aromatic rings. The van der Waals surface area contributed by atoms with Gasteiger partial charge in [-0.05, 0) is 38.0 Å².